The van der Waals surface area contributed by atoms with E-state index in [0.717, 1.165) is 16.8 Å². The van der Waals surface area contributed by atoms with Gasteiger partial charge in [-0.1, -0.05) is 6.08 Å². The van der Waals surface area contributed by atoms with Crippen LogP contribution in [-0.4, -0.2) is 48.6 Å². The molecular formula is C20H23N3O3S. The molecule has 2 aliphatic heterocycles. The summed E-state index contributed by atoms with van der Waals surface area (Å²) in [5, 5.41) is 2.62. The molecule has 2 heterocycles. The van der Waals surface area contributed by atoms with Crippen LogP contribution in [-0.2, 0) is 9.59 Å². The Morgan fingerprint density at radius 1 is 1.22 bits per heavy atom. The van der Waals surface area contributed by atoms with Gasteiger partial charge in [-0.25, -0.2) is 0 Å². The van der Waals surface area contributed by atoms with Crippen LogP contribution in [0.2, 0.25) is 0 Å². The summed E-state index contributed by atoms with van der Waals surface area (Å²) in [6.45, 7) is 6.35. The minimum atomic E-state index is -0.506. The fourth-order valence-corrected chi connectivity index (χ4v) is 3.56. The van der Waals surface area contributed by atoms with E-state index in [1.54, 1.807) is 13.2 Å². The van der Waals surface area contributed by atoms with E-state index >= 15 is 0 Å². The zero-order chi connectivity index (χ0) is 20.1. The maximum Gasteiger partial charge on any atom is 0.265 e. The van der Waals surface area contributed by atoms with E-state index in [1.165, 1.54) is 11.9 Å². The SMILES string of the molecule is COc1cc2c(cc1/C=C1/C(=O)NC(=S)N(C)C1=O)C(C)=CC(C)(C)N2C. The average Bonchev–Trinajstić information content (AvgIpc) is 2.60. The molecule has 3 rings (SSSR count). The van der Waals surface area contributed by atoms with Crippen molar-refractivity contribution >= 4 is 46.5 Å². The van der Waals surface area contributed by atoms with Crippen molar-refractivity contribution in [1.29, 1.82) is 0 Å². The first-order valence-corrected chi connectivity index (χ1v) is 8.98. The third kappa shape index (κ3) is 3.12. The highest BCUT2D eigenvalue weighted by atomic mass is 32.1. The number of hydrogen-bond acceptors (Lipinski definition) is 5. The molecule has 1 N–H and O–H groups in total. The van der Waals surface area contributed by atoms with Gasteiger partial charge in [0.25, 0.3) is 11.8 Å². The van der Waals surface area contributed by atoms with Gasteiger partial charge in [0.15, 0.2) is 5.11 Å². The molecule has 1 aromatic rings. The number of methoxy groups -OCH3 is 1. The predicted molar refractivity (Wildman–Crippen MR) is 111 cm³/mol. The molecule has 0 aliphatic carbocycles. The summed E-state index contributed by atoms with van der Waals surface area (Å²) >= 11 is 4.99. The quantitative estimate of drug-likeness (QED) is 0.482. The van der Waals surface area contributed by atoms with E-state index in [1.807, 2.05) is 19.2 Å². The van der Waals surface area contributed by atoms with Crippen LogP contribution >= 0.6 is 12.2 Å². The Morgan fingerprint density at radius 3 is 2.52 bits per heavy atom. The number of allylic oxidation sites excluding steroid dienone is 1. The van der Waals surface area contributed by atoms with Crippen LogP contribution in [0.5, 0.6) is 5.75 Å². The molecule has 27 heavy (non-hydrogen) atoms. The number of rotatable bonds is 2. The van der Waals surface area contributed by atoms with Gasteiger partial charge in [0, 0.05) is 37.0 Å². The Balaban J connectivity index is 2.16. The van der Waals surface area contributed by atoms with Crippen LogP contribution < -0.4 is 15.0 Å². The number of carbonyl (C=O) groups excluding carboxylic acids is 2. The second-order valence-electron chi connectivity index (χ2n) is 7.33. The first kappa shape index (κ1) is 19.1. The molecule has 1 aromatic carbocycles. The molecule has 7 heteroatoms. The topological polar surface area (TPSA) is 61.9 Å². The van der Waals surface area contributed by atoms with Crippen molar-refractivity contribution in [2.45, 2.75) is 26.3 Å². The molecule has 0 bridgehead atoms. The third-order valence-corrected chi connectivity index (χ3v) is 5.55. The molecule has 2 aliphatic rings. The number of carbonyl (C=O) groups is 2. The van der Waals surface area contributed by atoms with Gasteiger partial charge in [0.2, 0.25) is 0 Å². The summed E-state index contributed by atoms with van der Waals surface area (Å²) in [6, 6.07) is 3.89. The highest BCUT2D eigenvalue weighted by Crippen LogP contribution is 2.41. The fraction of sp³-hybridized carbons (Fsp3) is 0.350. The molecular weight excluding hydrogens is 362 g/mol. The predicted octanol–water partition coefficient (Wildman–Crippen LogP) is 2.58. The van der Waals surface area contributed by atoms with Crippen LogP contribution in [0.25, 0.3) is 11.6 Å². The number of nitrogens with zero attached hydrogens (tertiary/aromatic N) is 2. The minimum absolute atomic E-state index is 0.0236. The van der Waals surface area contributed by atoms with Gasteiger partial charge in [-0.2, -0.15) is 0 Å². The van der Waals surface area contributed by atoms with Crippen molar-refractivity contribution in [1.82, 2.24) is 10.2 Å². The number of nitrogens with one attached hydrogen (secondary N) is 1. The molecule has 0 atom stereocenters. The Morgan fingerprint density at radius 2 is 1.89 bits per heavy atom. The molecule has 0 saturated carbocycles. The molecule has 0 unspecified atom stereocenters. The first-order chi connectivity index (χ1) is 12.6. The van der Waals surface area contributed by atoms with Crippen LogP contribution in [0.3, 0.4) is 0 Å². The Kier molecular flexibility index (Phi) is 4.59. The number of anilines is 1. The summed E-state index contributed by atoms with van der Waals surface area (Å²) in [4.78, 5) is 28.2. The van der Waals surface area contributed by atoms with E-state index in [2.05, 4.69) is 37.1 Å². The van der Waals surface area contributed by atoms with Crippen molar-refractivity contribution < 1.29 is 14.3 Å². The summed E-state index contributed by atoms with van der Waals surface area (Å²) < 4.78 is 5.55. The fourth-order valence-electron chi connectivity index (χ4n) is 3.38. The Bertz CT molecular complexity index is 931. The third-order valence-electron chi connectivity index (χ3n) is 5.17. The summed E-state index contributed by atoms with van der Waals surface area (Å²) in [5.74, 6) is -0.350. The number of fused-ring (bicyclic) bond motifs is 1. The zero-order valence-corrected chi connectivity index (χ0v) is 17.2. The molecule has 2 amide bonds. The van der Waals surface area contributed by atoms with Gasteiger partial charge in [-0.15, -0.1) is 0 Å². The smallest absolute Gasteiger partial charge is 0.265 e. The second-order valence-corrected chi connectivity index (χ2v) is 7.72. The summed E-state index contributed by atoms with van der Waals surface area (Å²) in [6.07, 6.45) is 3.76. The standard InChI is InChI=1S/C20H23N3O3S/c1-11-10-20(2,3)23(5)15-9-16(26-6)12(7-13(11)15)8-14-17(24)21-19(27)22(4)18(14)25/h7-10H,1-6H3,(H,21,24,27)/b14-8-. The van der Waals surface area contributed by atoms with Gasteiger partial charge in [-0.05, 0) is 50.7 Å². The lowest BCUT2D eigenvalue weighted by atomic mass is 9.88. The maximum atomic E-state index is 12.5. The lowest BCUT2D eigenvalue weighted by Crippen LogP contribution is -2.52. The molecule has 142 valence electrons. The van der Waals surface area contributed by atoms with Crippen LogP contribution in [0.15, 0.2) is 23.8 Å². The van der Waals surface area contributed by atoms with Crippen molar-refractivity contribution in [3.05, 3.63) is 34.9 Å². The molecule has 0 spiro atoms. The Labute approximate surface area is 164 Å². The van der Waals surface area contributed by atoms with Crippen molar-refractivity contribution in [2.24, 2.45) is 0 Å². The summed E-state index contributed by atoms with van der Waals surface area (Å²) in [5.41, 5.74) is 3.77. The molecule has 1 fully saturated rings. The number of amides is 2. The monoisotopic (exact) mass is 385 g/mol. The Hall–Kier alpha value is -2.67. The number of hydrogen-bond donors (Lipinski definition) is 1. The lowest BCUT2D eigenvalue weighted by Gasteiger charge is -2.41. The summed E-state index contributed by atoms with van der Waals surface area (Å²) in [7, 11) is 5.14. The van der Waals surface area contributed by atoms with E-state index < -0.39 is 11.8 Å². The van der Waals surface area contributed by atoms with Crippen molar-refractivity contribution in [2.75, 3.05) is 26.1 Å². The van der Waals surface area contributed by atoms with Gasteiger partial charge in [0.1, 0.15) is 11.3 Å². The minimum Gasteiger partial charge on any atom is -0.496 e. The van der Waals surface area contributed by atoms with Crippen molar-refractivity contribution in [3.63, 3.8) is 0 Å². The number of ether oxygens (including phenoxy) is 1. The van der Waals surface area contributed by atoms with Crippen LogP contribution in [0.1, 0.15) is 31.9 Å². The highest BCUT2D eigenvalue weighted by Gasteiger charge is 2.32. The van der Waals surface area contributed by atoms with E-state index in [-0.39, 0.29) is 16.2 Å². The molecule has 0 aromatic heterocycles. The number of thiocarbonyl (C=S) groups is 1. The largest absolute Gasteiger partial charge is 0.496 e. The first-order valence-electron chi connectivity index (χ1n) is 8.57. The molecule has 0 radical (unpaired) electrons. The normalized spacial score (nSPS) is 20.4. The van der Waals surface area contributed by atoms with Gasteiger partial charge in [-0.3, -0.25) is 19.8 Å². The highest BCUT2D eigenvalue weighted by molar-refractivity contribution is 7.80. The van der Waals surface area contributed by atoms with Gasteiger partial charge in [0.05, 0.1) is 12.6 Å². The zero-order valence-electron chi connectivity index (χ0n) is 16.3. The van der Waals surface area contributed by atoms with Crippen LogP contribution in [0, 0.1) is 0 Å². The van der Waals surface area contributed by atoms with Crippen LogP contribution in [0.4, 0.5) is 5.69 Å². The maximum absolute atomic E-state index is 12.5. The van der Waals surface area contributed by atoms with E-state index in [0.29, 0.717) is 11.3 Å². The number of benzene rings is 1. The van der Waals surface area contributed by atoms with E-state index in [9.17, 15) is 9.59 Å². The second kappa shape index (κ2) is 6.49. The molecule has 6 nitrogen and oxygen atoms in total. The number of likely N-dealkylation sites (N-methyl/N-ethyl adjacent to an activating group) is 2. The van der Waals surface area contributed by atoms with Gasteiger partial charge >= 0.3 is 0 Å². The van der Waals surface area contributed by atoms with Crippen molar-refractivity contribution in [3.8, 4) is 5.75 Å². The van der Waals surface area contributed by atoms with E-state index in [4.69, 9.17) is 17.0 Å². The van der Waals surface area contributed by atoms with Gasteiger partial charge < -0.3 is 9.64 Å². The molecule has 1 saturated heterocycles. The lowest BCUT2D eigenvalue weighted by molar-refractivity contribution is -0.128. The average molecular weight is 385 g/mol.